The van der Waals surface area contributed by atoms with Crippen molar-refractivity contribution in [3.8, 4) is 11.5 Å². The number of esters is 1. The fourth-order valence-corrected chi connectivity index (χ4v) is 2.69. The summed E-state index contributed by atoms with van der Waals surface area (Å²) in [5.74, 6) is -0.465. The van der Waals surface area contributed by atoms with Crippen molar-refractivity contribution >= 4 is 29.2 Å². The second kappa shape index (κ2) is 10.8. The summed E-state index contributed by atoms with van der Waals surface area (Å²) in [6, 6.07) is 10.6. The maximum absolute atomic E-state index is 12.0. The molecule has 8 nitrogen and oxygen atoms in total. The molecule has 0 atom stereocenters. The van der Waals surface area contributed by atoms with Crippen molar-refractivity contribution in [3.63, 3.8) is 0 Å². The lowest BCUT2D eigenvalue weighted by molar-refractivity contribution is -0.147. The number of nitrogens with one attached hydrogen (secondary N) is 2. The number of carbonyl (C=O) groups excluding carboxylic acids is 3. The Hall–Kier alpha value is -3.55. The average Bonchev–Trinajstić information content (AvgIpc) is 2.73. The summed E-state index contributed by atoms with van der Waals surface area (Å²) < 4.78 is 15.2. The molecular weight excluding hydrogens is 388 g/mol. The minimum atomic E-state index is -0.636. The smallest absolute Gasteiger partial charge is 0.306 e. The first-order chi connectivity index (χ1) is 14.3. The number of carbonyl (C=O) groups is 3. The van der Waals surface area contributed by atoms with Gasteiger partial charge in [0.15, 0.2) is 6.61 Å². The zero-order valence-corrected chi connectivity index (χ0v) is 17.5. The Morgan fingerprint density at radius 2 is 1.53 bits per heavy atom. The van der Waals surface area contributed by atoms with Gasteiger partial charge >= 0.3 is 5.97 Å². The molecule has 0 aliphatic carbocycles. The monoisotopic (exact) mass is 414 g/mol. The van der Waals surface area contributed by atoms with Crippen molar-refractivity contribution in [2.75, 3.05) is 31.5 Å². The maximum Gasteiger partial charge on any atom is 0.306 e. The molecule has 0 unspecified atom stereocenters. The molecule has 160 valence electrons. The van der Waals surface area contributed by atoms with E-state index in [2.05, 4.69) is 10.6 Å². The van der Waals surface area contributed by atoms with Gasteiger partial charge in [-0.1, -0.05) is 17.7 Å². The number of benzene rings is 2. The van der Waals surface area contributed by atoms with E-state index in [9.17, 15) is 14.4 Å². The lowest BCUT2D eigenvalue weighted by atomic mass is 10.1. The first-order valence-corrected chi connectivity index (χ1v) is 9.37. The van der Waals surface area contributed by atoms with Crippen molar-refractivity contribution < 1.29 is 28.6 Å². The van der Waals surface area contributed by atoms with Crippen LogP contribution in [0.25, 0.3) is 0 Å². The van der Waals surface area contributed by atoms with Crippen molar-refractivity contribution in [2.45, 2.75) is 26.7 Å². The summed E-state index contributed by atoms with van der Waals surface area (Å²) in [5, 5.41) is 5.36. The van der Waals surface area contributed by atoms with Crippen molar-refractivity contribution in [1.82, 2.24) is 0 Å². The average molecular weight is 414 g/mol. The number of methoxy groups -OCH3 is 2. The quantitative estimate of drug-likeness (QED) is 0.611. The second-order valence-corrected chi connectivity index (χ2v) is 6.64. The van der Waals surface area contributed by atoms with Crippen molar-refractivity contribution in [2.24, 2.45) is 0 Å². The van der Waals surface area contributed by atoms with Crippen LogP contribution in [0.15, 0.2) is 36.4 Å². The Kier molecular flexibility index (Phi) is 8.22. The van der Waals surface area contributed by atoms with Crippen LogP contribution in [0.1, 0.15) is 24.0 Å². The second-order valence-electron chi connectivity index (χ2n) is 6.64. The maximum atomic E-state index is 12.0. The topological polar surface area (TPSA) is 103 Å². The Bertz CT molecular complexity index is 926. The van der Waals surface area contributed by atoms with Gasteiger partial charge in [-0.3, -0.25) is 14.4 Å². The highest BCUT2D eigenvalue weighted by Gasteiger charge is 2.13. The van der Waals surface area contributed by atoms with Gasteiger partial charge in [0.05, 0.1) is 26.3 Å². The van der Waals surface area contributed by atoms with Crippen molar-refractivity contribution in [3.05, 3.63) is 47.5 Å². The van der Waals surface area contributed by atoms with Crippen LogP contribution in [0.5, 0.6) is 11.5 Å². The van der Waals surface area contributed by atoms with Gasteiger partial charge in [-0.15, -0.1) is 0 Å². The number of hydrogen-bond acceptors (Lipinski definition) is 6. The third-order valence-corrected chi connectivity index (χ3v) is 4.26. The molecule has 0 spiro atoms. The molecule has 30 heavy (non-hydrogen) atoms. The SMILES string of the molecule is COc1ccc(NC(=O)COC(=O)CCC(=O)Nc2ccc(C)cc2C)c(OC)c1. The highest BCUT2D eigenvalue weighted by Crippen LogP contribution is 2.28. The zero-order valence-electron chi connectivity index (χ0n) is 17.5. The molecule has 0 aromatic heterocycles. The summed E-state index contributed by atoms with van der Waals surface area (Å²) >= 11 is 0. The van der Waals surface area contributed by atoms with E-state index in [1.165, 1.54) is 14.2 Å². The van der Waals surface area contributed by atoms with Crippen LogP contribution < -0.4 is 20.1 Å². The molecule has 2 aromatic carbocycles. The fraction of sp³-hybridized carbons (Fsp3) is 0.318. The van der Waals surface area contributed by atoms with E-state index in [1.807, 2.05) is 32.0 Å². The largest absolute Gasteiger partial charge is 0.497 e. The summed E-state index contributed by atoms with van der Waals surface area (Å²) in [4.78, 5) is 35.9. The van der Waals surface area contributed by atoms with Gasteiger partial charge in [0.25, 0.3) is 5.91 Å². The molecule has 2 amide bonds. The number of ether oxygens (including phenoxy) is 3. The van der Waals surface area contributed by atoms with E-state index >= 15 is 0 Å². The molecule has 0 radical (unpaired) electrons. The number of anilines is 2. The van der Waals surface area contributed by atoms with E-state index in [0.717, 1.165) is 11.1 Å². The Morgan fingerprint density at radius 1 is 0.833 bits per heavy atom. The predicted octanol–water partition coefficient (Wildman–Crippen LogP) is 3.22. The number of amides is 2. The molecular formula is C22H26N2O6. The summed E-state index contributed by atoms with van der Waals surface area (Å²) in [6.45, 7) is 3.40. The summed E-state index contributed by atoms with van der Waals surface area (Å²) in [7, 11) is 2.99. The normalized spacial score (nSPS) is 10.1. The molecule has 0 fully saturated rings. The van der Waals surface area contributed by atoms with Crippen LogP contribution >= 0.6 is 0 Å². The Balaban J connectivity index is 1.76. The van der Waals surface area contributed by atoms with Crippen LogP contribution in [-0.4, -0.2) is 38.6 Å². The lowest BCUT2D eigenvalue weighted by Crippen LogP contribution is -2.22. The van der Waals surface area contributed by atoms with Gasteiger partial charge in [-0.05, 0) is 37.6 Å². The molecule has 2 rings (SSSR count). The Labute approximate surface area is 175 Å². The van der Waals surface area contributed by atoms with Crippen LogP contribution in [-0.2, 0) is 19.1 Å². The van der Waals surface area contributed by atoms with Crippen LogP contribution in [0.3, 0.4) is 0 Å². The van der Waals surface area contributed by atoms with Crippen LogP contribution in [0.4, 0.5) is 11.4 Å². The van der Waals surface area contributed by atoms with E-state index in [-0.39, 0.29) is 18.7 Å². The molecule has 0 aliphatic heterocycles. The van der Waals surface area contributed by atoms with Gasteiger partial charge in [0, 0.05) is 18.2 Å². The first-order valence-electron chi connectivity index (χ1n) is 9.37. The summed E-state index contributed by atoms with van der Waals surface area (Å²) in [5.41, 5.74) is 3.16. The number of rotatable bonds is 9. The molecule has 8 heteroatoms. The van der Waals surface area contributed by atoms with E-state index in [1.54, 1.807) is 18.2 Å². The molecule has 0 saturated heterocycles. The van der Waals surface area contributed by atoms with Gasteiger partial charge < -0.3 is 24.8 Å². The third kappa shape index (κ3) is 6.80. The Morgan fingerprint density at radius 3 is 2.20 bits per heavy atom. The summed E-state index contributed by atoms with van der Waals surface area (Å²) in [6.07, 6.45) is -0.171. The number of hydrogen-bond donors (Lipinski definition) is 2. The molecule has 2 aromatic rings. The highest BCUT2D eigenvalue weighted by molar-refractivity contribution is 5.95. The number of aryl methyl sites for hydroxylation is 2. The standard InChI is InChI=1S/C22H26N2O6/c1-14-5-7-17(15(2)11-14)23-20(25)9-10-22(27)30-13-21(26)24-18-8-6-16(28-3)12-19(18)29-4/h5-8,11-12H,9-10,13H2,1-4H3,(H,23,25)(H,24,26). The lowest BCUT2D eigenvalue weighted by Gasteiger charge is -2.12. The van der Waals surface area contributed by atoms with Gasteiger partial charge in [-0.2, -0.15) is 0 Å². The van der Waals surface area contributed by atoms with Crippen LogP contribution in [0.2, 0.25) is 0 Å². The first kappa shape index (κ1) is 22.7. The van der Waals surface area contributed by atoms with E-state index in [0.29, 0.717) is 22.9 Å². The minimum absolute atomic E-state index is 0.0416. The highest BCUT2D eigenvalue weighted by atomic mass is 16.5. The molecule has 0 saturated carbocycles. The van der Waals surface area contributed by atoms with Gasteiger partial charge in [0.1, 0.15) is 11.5 Å². The third-order valence-electron chi connectivity index (χ3n) is 4.26. The van der Waals surface area contributed by atoms with Gasteiger partial charge in [0.2, 0.25) is 5.91 Å². The van der Waals surface area contributed by atoms with E-state index in [4.69, 9.17) is 14.2 Å². The van der Waals surface area contributed by atoms with Gasteiger partial charge in [-0.25, -0.2) is 0 Å². The van der Waals surface area contributed by atoms with Crippen LogP contribution in [0, 0.1) is 13.8 Å². The predicted molar refractivity (Wildman–Crippen MR) is 113 cm³/mol. The molecule has 0 bridgehead atoms. The van der Waals surface area contributed by atoms with E-state index < -0.39 is 18.5 Å². The van der Waals surface area contributed by atoms with Crippen molar-refractivity contribution in [1.29, 1.82) is 0 Å². The fourth-order valence-electron chi connectivity index (χ4n) is 2.69. The molecule has 2 N–H and O–H groups in total. The zero-order chi connectivity index (χ0) is 22.1. The molecule has 0 aliphatic rings. The minimum Gasteiger partial charge on any atom is -0.497 e. The molecule has 0 heterocycles.